The van der Waals surface area contributed by atoms with Gasteiger partial charge < -0.3 is 28.5 Å². The average molecular weight is 355 g/mol. The molecule has 0 aromatic carbocycles. The van der Waals surface area contributed by atoms with Crippen molar-refractivity contribution in [3.8, 4) is 0 Å². The second-order valence-corrected chi connectivity index (χ2v) is 5.86. The highest BCUT2D eigenvalue weighted by Crippen LogP contribution is 2.10. The summed E-state index contributed by atoms with van der Waals surface area (Å²) in [5.74, 6) is 0. The first kappa shape index (κ1) is 20.0. The Labute approximate surface area is 127 Å². The van der Waals surface area contributed by atoms with Crippen molar-refractivity contribution in [1.29, 1.82) is 0 Å². The molecule has 0 atom stereocenters. The normalized spacial score (nSPS) is 11.3. The molecule has 0 aliphatic rings. The molecule has 0 N–H and O–H groups in total. The summed E-state index contributed by atoms with van der Waals surface area (Å²) in [4.78, 5) is 0. The standard InChI is InChI=1S/C15H34N.HI/c1-5-7-8-9-10-11-12-13-15-16(3,4)14-6-2;/h5-15H2,1-4H3;1H/q+1;/p-1. The first-order valence-electron chi connectivity index (χ1n) is 7.44. The van der Waals surface area contributed by atoms with Gasteiger partial charge in [0, 0.05) is 0 Å². The predicted molar refractivity (Wildman–Crippen MR) is 74.7 cm³/mol. The highest BCUT2D eigenvalue weighted by molar-refractivity contribution is 4.46. The molecule has 106 valence electrons. The van der Waals surface area contributed by atoms with Gasteiger partial charge in [0.05, 0.1) is 27.2 Å². The van der Waals surface area contributed by atoms with Crippen LogP contribution in [0.5, 0.6) is 0 Å². The van der Waals surface area contributed by atoms with Crippen molar-refractivity contribution < 1.29 is 28.5 Å². The first-order valence-corrected chi connectivity index (χ1v) is 7.44. The molecule has 0 radical (unpaired) electrons. The molecule has 0 aromatic heterocycles. The van der Waals surface area contributed by atoms with Gasteiger partial charge in [-0.05, 0) is 19.3 Å². The lowest BCUT2D eigenvalue weighted by molar-refractivity contribution is -0.890. The van der Waals surface area contributed by atoms with E-state index in [1.54, 1.807) is 0 Å². The Morgan fingerprint density at radius 2 is 1.06 bits per heavy atom. The summed E-state index contributed by atoms with van der Waals surface area (Å²) in [6.45, 7) is 7.26. The lowest BCUT2D eigenvalue weighted by Gasteiger charge is -2.29. The number of nitrogens with zero attached hydrogens (tertiary/aromatic N) is 1. The molecule has 0 amide bonds. The van der Waals surface area contributed by atoms with Gasteiger partial charge in [-0.1, -0.05) is 52.4 Å². The Morgan fingerprint density at radius 1 is 0.588 bits per heavy atom. The molecular weight excluding hydrogens is 321 g/mol. The van der Waals surface area contributed by atoms with Crippen molar-refractivity contribution in [2.75, 3.05) is 27.2 Å². The molecule has 0 aliphatic carbocycles. The second kappa shape index (κ2) is 13.1. The van der Waals surface area contributed by atoms with E-state index in [4.69, 9.17) is 0 Å². The van der Waals surface area contributed by atoms with E-state index in [1.165, 1.54) is 75.4 Å². The van der Waals surface area contributed by atoms with Crippen LogP contribution in [0.3, 0.4) is 0 Å². The molecule has 0 heterocycles. The van der Waals surface area contributed by atoms with Crippen molar-refractivity contribution in [3.05, 3.63) is 0 Å². The molecule has 0 saturated carbocycles. The Balaban J connectivity index is 0. The molecule has 0 spiro atoms. The smallest absolute Gasteiger partial charge is 0.0782 e. The van der Waals surface area contributed by atoms with E-state index in [0.717, 1.165) is 0 Å². The molecule has 1 nitrogen and oxygen atoms in total. The molecule has 0 aliphatic heterocycles. The monoisotopic (exact) mass is 355 g/mol. The fraction of sp³-hybridized carbons (Fsp3) is 1.00. The number of hydrogen-bond donors (Lipinski definition) is 0. The van der Waals surface area contributed by atoms with E-state index in [-0.39, 0.29) is 24.0 Å². The molecule has 17 heavy (non-hydrogen) atoms. The fourth-order valence-corrected chi connectivity index (χ4v) is 2.39. The minimum Gasteiger partial charge on any atom is -1.00 e. The molecule has 0 unspecified atom stereocenters. The average Bonchev–Trinajstić information content (AvgIpc) is 2.22. The van der Waals surface area contributed by atoms with E-state index >= 15 is 0 Å². The molecule has 0 saturated heterocycles. The zero-order valence-corrected chi connectivity index (χ0v) is 14.8. The van der Waals surface area contributed by atoms with Crippen molar-refractivity contribution in [3.63, 3.8) is 0 Å². The SMILES string of the molecule is CCCCCCCCCC[N+](C)(C)CCC.[I-]. The van der Waals surface area contributed by atoms with Gasteiger partial charge in [-0.25, -0.2) is 0 Å². The van der Waals surface area contributed by atoms with Crippen LogP contribution in [-0.2, 0) is 0 Å². The third-order valence-corrected chi connectivity index (χ3v) is 3.45. The van der Waals surface area contributed by atoms with Crippen LogP contribution in [0.4, 0.5) is 0 Å². The van der Waals surface area contributed by atoms with Crippen LogP contribution in [0, 0.1) is 0 Å². The molecule has 0 rings (SSSR count). The van der Waals surface area contributed by atoms with Gasteiger partial charge in [-0.3, -0.25) is 0 Å². The Bertz CT molecular complexity index is 146. The third kappa shape index (κ3) is 14.6. The van der Waals surface area contributed by atoms with Crippen molar-refractivity contribution >= 4 is 0 Å². The molecule has 0 fully saturated rings. The molecule has 0 bridgehead atoms. The van der Waals surface area contributed by atoms with Gasteiger partial charge in [0.15, 0.2) is 0 Å². The maximum atomic E-state index is 2.37. The topological polar surface area (TPSA) is 0 Å². The summed E-state index contributed by atoms with van der Waals surface area (Å²) in [5.41, 5.74) is 0. The van der Waals surface area contributed by atoms with Gasteiger partial charge in [-0.2, -0.15) is 0 Å². The number of unbranched alkanes of at least 4 members (excludes halogenated alkanes) is 7. The largest absolute Gasteiger partial charge is 1.00 e. The molecule has 2 heteroatoms. The Morgan fingerprint density at radius 3 is 1.53 bits per heavy atom. The summed E-state index contributed by atoms with van der Waals surface area (Å²) in [6, 6.07) is 0. The summed E-state index contributed by atoms with van der Waals surface area (Å²) in [7, 11) is 4.73. The summed E-state index contributed by atoms with van der Waals surface area (Å²) >= 11 is 0. The summed E-state index contributed by atoms with van der Waals surface area (Å²) in [6.07, 6.45) is 12.8. The van der Waals surface area contributed by atoms with E-state index < -0.39 is 0 Å². The van der Waals surface area contributed by atoms with Gasteiger partial charge in [0.2, 0.25) is 0 Å². The first-order chi connectivity index (χ1) is 7.62. The lowest BCUT2D eigenvalue weighted by atomic mass is 10.1. The highest BCUT2D eigenvalue weighted by atomic mass is 127. The van der Waals surface area contributed by atoms with Crippen LogP contribution in [0.2, 0.25) is 0 Å². The van der Waals surface area contributed by atoms with Crippen LogP contribution >= 0.6 is 0 Å². The Kier molecular flexibility index (Phi) is 15.5. The lowest BCUT2D eigenvalue weighted by Crippen LogP contribution is -3.00. The number of halogens is 1. The van der Waals surface area contributed by atoms with E-state index in [0.29, 0.717) is 0 Å². The fourth-order valence-electron chi connectivity index (χ4n) is 2.39. The van der Waals surface area contributed by atoms with Gasteiger partial charge in [-0.15, -0.1) is 0 Å². The van der Waals surface area contributed by atoms with Gasteiger partial charge >= 0.3 is 0 Å². The number of quaternary nitrogens is 1. The van der Waals surface area contributed by atoms with Crippen LogP contribution in [0.15, 0.2) is 0 Å². The summed E-state index contributed by atoms with van der Waals surface area (Å²) in [5, 5.41) is 0. The minimum absolute atomic E-state index is 0. The van der Waals surface area contributed by atoms with Crippen LogP contribution in [-0.4, -0.2) is 31.7 Å². The zero-order chi connectivity index (χ0) is 12.3. The molecule has 0 aromatic rings. The van der Waals surface area contributed by atoms with Crippen LogP contribution in [0.25, 0.3) is 0 Å². The van der Waals surface area contributed by atoms with E-state index in [2.05, 4.69) is 27.9 Å². The van der Waals surface area contributed by atoms with Crippen LogP contribution in [0.1, 0.15) is 71.6 Å². The second-order valence-electron chi connectivity index (χ2n) is 5.86. The third-order valence-electron chi connectivity index (χ3n) is 3.45. The van der Waals surface area contributed by atoms with E-state index in [1.807, 2.05) is 0 Å². The van der Waals surface area contributed by atoms with Crippen molar-refractivity contribution in [2.24, 2.45) is 0 Å². The quantitative estimate of drug-likeness (QED) is 0.300. The van der Waals surface area contributed by atoms with Crippen molar-refractivity contribution in [1.82, 2.24) is 0 Å². The predicted octanol–water partition coefficient (Wildman–Crippen LogP) is 1.62. The minimum atomic E-state index is 0. The van der Waals surface area contributed by atoms with Crippen molar-refractivity contribution in [2.45, 2.75) is 71.6 Å². The van der Waals surface area contributed by atoms with E-state index in [9.17, 15) is 0 Å². The number of hydrogen-bond acceptors (Lipinski definition) is 0. The zero-order valence-electron chi connectivity index (χ0n) is 12.6. The van der Waals surface area contributed by atoms with Gasteiger partial charge in [0.25, 0.3) is 0 Å². The maximum absolute atomic E-state index is 2.37. The van der Waals surface area contributed by atoms with Gasteiger partial charge in [0.1, 0.15) is 0 Å². The maximum Gasteiger partial charge on any atom is 0.0782 e. The number of rotatable bonds is 11. The molecular formula is C15H34IN. The highest BCUT2D eigenvalue weighted by Gasteiger charge is 2.11. The Hall–Kier alpha value is 0.690. The summed E-state index contributed by atoms with van der Waals surface area (Å²) < 4.78 is 1.21. The van der Waals surface area contributed by atoms with Crippen LogP contribution < -0.4 is 24.0 Å².